The highest BCUT2D eigenvalue weighted by atomic mass is 16.3. The summed E-state index contributed by atoms with van der Waals surface area (Å²) in [6.45, 7) is 6.11. The molecule has 1 rings (SSSR count). The van der Waals surface area contributed by atoms with Gasteiger partial charge in [0.2, 0.25) is 5.91 Å². The van der Waals surface area contributed by atoms with Crippen LogP contribution in [0, 0.1) is 0 Å². The van der Waals surface area contributed by atoms with E-state index in [4.69, 9.17) is 0 Å². The van der Waals surface area contributed by atoms with E-state index in [2.05, 4.69) is 10.6 Å². The van der Waals surface area contributed by atoms with Crippen molar-refractivity contribution < 1.29 is 9.90 Å². The van der Waals surface area contributed by atoms with Gasteiger partial charge in [-0.2, -0.15) is 0 Å². The Hall–Kier alpha value is -0.610. The maximum absolute atomic E-state index is 11.6. The summed E-state index contributed by atoms with van der Waals surface area (Å²) in [6.07, 6.45) is 1.94. The predicted molar refractivity (Wildman–Crippen MR) is 54.9 cm³/mol. The molecular formula is C10H20N2O2. The highest BCUT2D eigenvalue weighted by Gasteiger charge is 2.28. The molecule has 3 N–H and O–H groups in total. The maximum Gasteiger partial charge on any atom is 0.237 e. The van der Waals surface area contributed by atoms with Gasteiger partial charge in [0.15, 0.2) is 0 Å². The lowest BCUT2D eigenvalue weighted by molar-refractivity contribution is -0.125. The van der Waals surface area contributed by atoms with Crippen LogP contribution in [-0.2, 0) is 4.79 Å². The highest BCUT2D eigenvalue weighted by molar-refractivity contribution is 5.82. The number of amides is 1. The van der Waals surface area contributed by atoms with Crippen LogP contribution in [0.1, 0.15) is 33.6 Å². The lowest BCUT2D eigenvalue weighted by atomic mass is 10.0. The molecule has 0 bridgehead atoms. The van der Waals surface area contributed by atoms with Crippen LogP contribution in [0.25, 0.3) is 0 Å². The molecule has 0 saturated carbocycles. The number of nitrogens with one attached hydrogen (secondary N) is 2. The van der Waals surface area contributed by atoms with E-state index in [0.717, 1.165) is 19.4 Å². The number of carbonyl (C=O) groups excluding carboxylic acids is 1. The number of hydrogen-bond acceptors (Lipinski definition) is 3. The first-order valence-corrected chi connectivity index (χ1v) is 5.17. The van der Waals surface area contributed by atoms with Gasteiger partial charge in [-0.25, -0.2) is 0 Å². The molecule has 14 heavy (non-hydrogen) atoms. The normalized spacial score (nSPS) is 24.7. The van der Waals surface area contributed by atoms with Crippen molar-refractivity contribution in [2.75, 3.05) is 6.54 Å². The van der Waals surface area contributed by atoms with Crippen molar-refractivity contribution in [1.82, 2.24) is 10.6 Å². The molecule has 1 amide bonds. The van der Waals surface area contributed by atoms with Crippen molar-refractivity contribution in [3.05, 3.63) is 0 Å². The average Bonchev–Trinajstić information content (AvgIpc) is 2.53. The summed E-state index contributed by atoms with van der Waals surface area (Å²) in [4.78, 5) is 11.6. The monoisotopic (exact) mass is 200 g/mol. The molecule has 1 heterocycles. The molecule has 82 valence electrons. The Balaban J connectivity index is 2.40. The summed E-state index contributed by atoms with van der Waals surface area (Å²) in [7, 11) is 0. The first-order valence-electron chi connectivity index (χ1n) is 5.17. The molecule has 0 aromatic rings. The first kappa shape index (κ1) is 11.5. The summed E-state index contributed by atoms with van der Waals surface area (Å²) >= 11 is 0. The van der Waals surface area contributed by atoms with Gasteiger partial charge in [0, 0.05) is 0 Å². The van der Waals surface area contributed by atoms with E-state index in [1.165, 1.54) is 0 Å². The molecule has 4 heteroatoms. The average molecular weight is 200 g/mol. The Bertz CT molecular complexity index is 205. The van der Waals surface area contributed by atoms with Gasteiger partial charge >= 0.3 is 0 Å². The smallest absolute Gasteiger partial charge is 0.237 e. The Kier molecular flexibility index (Phi) is 3.50. The number of aliphatic hydroxyl groups is 1. The molecule has 1 fully saturated rings. The zero-order valence-electron chi connectivity index (χ0n) is 9.13. The SMILES string of the molecule is CC(NC(=O)C1CCCN1)C(C)(C)O. The van der Waals surface area contributed by atoms with Gasteiger partial charge in [-0.1, -0.05) is 0 Å². The Morgan fingerprint density at radius 2 is 2.29 bits per heavy atom. The summed E-state index contributed by atoms with van der Waals surface area (Å²) in [5.41, 5.74) is -0.867. The van der Waals surface area contributed by atoms with Gasteiger partial charge in [0.05, 0.1) is 17.7 Å². The number of rotatable bonds is 3. The molecule has 1 aliphatic heterocycles. The highest BCUT2D eigenvalue weighted by Crippen LogP contribution is 2.10. The van der Waals surface area contributed by atoms with Crippen molar-refractivity contribution in [1.29, 1.82) is 0 Å². The number of carbonyl (C=O) groups is 1. The molecule has 0 aromatic carbocycles. The molecule has 2 unspecified atom stereocenters. The van der Waals surface area contributed by atoms with E-state index >= 15 is 0 Å². The van der Waals surface area contributed by atoms with Crippen LogP contribution in [0.5, 0.6) is 0 Å². The fourth-order valence-corrected chi connectivity index (χ4v) is 1.40. The fraction of sp³-hybridized carbons (Fsp3) is 0.900. The Morgan fingerprint density at radius 1 is 1.64 bits per heavy atom. The quantitative estimate of drug-likeness (QED) is 0.601. The molecule has 0 radical (unpaired) electrons. The third kappa shape index (κ3) is 2.96. The van der Waals surface area contributed by atoms with E-state index in [0.29, 0.717) is 0 Å². The molecule has 1 aliphatic rings. The van der Waals surface area contributed by atoms with Gasteiger partial charge in [-0.15, -0.1) is 0 Å². The second-order valence-electron chi connectivity index (χ2n) is 4.53. The van der Waals surface area contributed by atoms with Crippen LogP contribution >= 0.6 is 0 Å². The van der Waals surface area contributed by atoms with E-state index in [1.807, 2.05) is 6.92 Å². The van der Waals surface area contributed by atoms with Gasteiger partial charge in [0.25, 0.3) is 0 Å². The van der Waals surface area contributed by atoms with Crippen LogP contribution in [0.15, 0.2) is 0 Å². The molecular weight excluding hydrogens is 180 g/mol. The maximum atomic E-state index is 11.6. The minimum absolute atomic E-state index is 0.00266. The van der Waals surface area contributed by atoms with Crippen LogP contribution in [0.3, 0.4) is 0 Å². The van der Waals surface area contributed by atoms with Crippen molar-refractivity contribution in [2.24, 2.45) is 0 Å². The molecule has 2 atom stereocenters. The van der Waals surface area contributed by atoms with E-state index < -0.39 is 5.60 Å². The summed E-state index contributed by atoms with van der Waals surface area (Å²) in [5.74, 6) is -0.00266. The molecule has 0 aliphatic carbocycles. The lowest BCUT2D eigenvalue weighted by Crippen LogP contribution is -2.51. The third-order valence-corrected chi connectivity index (χ3v) is 2.80. The minimum Gasteiger partial charge on any atom is -0.388 e. The summed E-state index contributed by atoms with van der Waals surface area (Å²) in [5, 5.41) is 15.6. The van der Waals surface area contributed by atoms with E-state index in [-0.39, 0.29) is 18.0 Å². The zero-order valence-corrected chi connectivity index (χ0v) is 9.13. The van der Waals surface area contributed by atoms with Crippen LogP contribution < -0.4 is 10.6 Å². The molecule has 1 saturated heterocycles. The van der Waals surface area contributed by atoms with Crippen molar-refractivity contribution in [3.8, 4) is 0 Å². The van der Waals surface area contributed by atoms with Crippen molar-refractivity contribution >= 4 is 5.91 Å². The topological polar surface area (TPSA) is 61.4 Å². The zero-order chi connectivity index (χ0) is 10.8. The second kappa shape index (κ2) is 4.28. The van der Waals surface area contributed by atoms with Crippen molar-refractivity contribution in [3.63, 3.8) is 0 Å². The third-order valence-electron chi connectivity index (χ3n) is 2.80. The van der Waals surface area contributed by atoms with Crippen LogP contribution in [0.2, 0.25) is 0 Å². The first-order chi connectivity index (χ1) is 6.41. The van der Waals surface area contributed by atoms with Gasteiger partial charge in [-0.3, -0.25) is 4.79 Å². The summed E-state index contributed by atoms with van der Waals surface area (Å²) in [6, 6.07) is -0.294. The van der Waals surface area contributed by atoms with Gasteiger partial charge in [-0.05, 0) is 40.2 Å². The van der Waals surface area contributed by atoms with Crippen LogP contribution in [-0.4, -0.2) is 35.2 Å². The predicted octanol–water partition coefficient (Wildman–Crippen LogP) is 0.0140. The standard InChI is InChI=1S/C10H20N2O2/c1-7(10(2,3)14)12-9(13)8-5-4-6-11-8/h7-8,11,14H,4-6H2,1-3H3,(H,12,13). The summed E-state index contributed by atoms with van der Waals surface area (Å²) < 4.78 is 0. The number of hydrogen-bond donors (Lipinski definition) is 3. The molecule has 0 aromatic heterocycles. The van der Waals surface area contributed by atoms with Crippen molar-refractivity contribution in [2.45, 2.75) is 51.3 Å². The van der Waals surface area contributed by atoms with Gasteiger partial charge < -0.3 is 15.7 Å². The minimum atomic E-state index is -0.867. The fourth-order valence-electron chi connectivity index (χ4n) is 1.40. The Morgan fingerprint density at radius 3 is 2.71 bits per heavy atom. The van der Waals surface area contributed by atoms with E-state index in [9.17, 15) is 9.90 Å². The van der Waals surface area contributed by atoms with Gasteiger partial charge in [0.1, 0.15) is 0 Å². The molecule has 4 nitrogen and oxygen atoms in total. The van der Waals surface area contributed by atoms with E-state index in [1.54, 1.807) is 13.8 Å². The lowest BCUT2D eigenvalue weighted by Gasteiger charge is -2.27. The molecule has 0 spiro atoms. The largest absolute Gasteiger partial charge is 0.388 e. The second-order valence-corrected chi connectivity index (χ2v) is 4.53. The van der Waals surface area contributed by atoms with Crippen LogP contribution in [0.4, 0.5) is 0 Å². The Labute approximate surface area is 85.1 Å².